The number of urea groups is 1. The average Bonchev–Trinajstić information content (AvgIpc) is 3.37. The lowest BCUT2D eigenvalue weighted by Gasteiger charge is -2.26. The summed E-state index contributed by atoms with van der Waals surface area (Å²) in [6.07, 6.45) is 9.36. The third-order valence-corrected chi connectivity index (χ3v) is 5.67. The summed E-state index contributed by atoms with van der Waals surface area (Å²) in [6.45, 7) is 5.44. The standard InChI is InChI=1S/C21H25N7O2/c1-13-14(10-19(29)23-13)9-15-12-22-28-18(24-16-5-6-16)11-17(25-20(15)28)26-21(30)27-7-3-2-4-8-27/h9,11-12,16,24H,1-8,10H2,(H,23,29)(H,25,26,30)/b14-9+. The smallest absolute Gasteiger partial charge is 0.323 e. The number of allylic oxidation sites excluding steroid dienone is 1. The van der Waals surface area contributed by atoms with Crippen molar-refractivity contribution in [1.82, 2.24) is 24.8 Å². The van der Waals surface area contributed by atoms with E-state index in [0.29, 0.717) is 23.2 Å². The van der Waals surface area contributed by atoms with Crippen LogP contribution in [0.1, 0.15) is 44.1 Å². The Kier molecular flexibility index (Phi) is 4.65. The molecule has 4 heterocycles. The average molecular weight is 407 g/mol. The zero-order chi connectivity index (χ0) is 20.7. The molecule has 2 aromatic rings. The Hall–Kier alpha value is -3.36. The van der Waals surface area contributed by atoms with E-state index in [1.807, 2.05) is 17.0 Å². The number of carbonyl (C=O) groups is 2. The molecule has 2 aliphatic heterocycles. The summed E-state index contributed by atoms with van der Waals surface area (Å²) in [4.78, 5) is 30.8. The second kappa shape index (κ2) is 7.47. The monoisotopic (exact) mass is 407 g/mol. The zero-order valence-electron chi connectivity index (χ0n) is 16.8. The van der Waals surface area contributed by atoms with Crippen LogP contribution in [0.5, 0.6) is 0 Å². The van der Waals surface area contributed by atoms with Crippen molar-refractivity contribution in [2.45, 2.75) is 44.6 Å². The Morgan fingerprint density at radius 3 is 2.77 bits per heavy atom. The van der Waals surface area contributed by atoms with Gasteiger partial charge in [-0.3, -0.25) is 10.1 Å². The van der Waals surface area contributed by atoms with Gasteiger partial charge in [0, 0.05) is 36.5 Å². The molecule has 0 unspecified atom stereocenters. The minimum atomic E-state index is -0.123. The number of nitrogens with zero attached hydrogens (tertiary/aromatic N) is 4. The van der Waals surface area contributed by atoms with Gasteiger partial charge in [0.25, 0.3) is 0 Å². The van der Waals surface area contributed by atoms with Gasteiger partial charge < -0.3 is 15.5 Å². The van der Waals surface area contributed by atoms with E-state index in [9.17, 15) is 9.59 Å². The van der Waals surface area contributed by atoms with Crippen LogP contribution in [0.2, 0.25) is 0 Å². The molecule has 0 radical (unpaired) electrons. The number of piperidine rings is 1. The second-order valence-corrected chi connectivity index (χ2v) is 8.13. The molecule has 5 rings (SSSR count). The Morgan fingerprint density at radius 2 is 2.07 bits per heavy atom. The fraction of sp³-hybridized carbons (Fsp3) is 0.429. The van der Waals surface area contributed by atoms with E-state index in [0.717, 1.165) is 55.7 Å². The first kappa shape index (κ1) is 18.7. The van der Waals surface area contributed by atoms with Gasteiger partial charge in [-0.05, 0) is 43.8 Å². The molecule has 0 aromatic carbocycles. The van der Waals surface area contributed by atoms with Crippen LogP contribution in [0.4, 0.5) is 16.4 Å². The van der Waals surface area contributed by atoms with Crippen LogP contribution < -0.4 is 16.0 Å². The molecule has 3 amide bonds. The Balaban J connectivity index is 1.49. The van der Waals surface area contributed by atoms with Crippen molar-refractivity contribution < 1.29 is 9.59 Å². The van der Waals surface area contributed by atoms with Crippen LogP contribution in [0, 0.1) is 0 Å². The predicted octanol–water partition coefficient (Wildman–Crippen LogP) is 2.74. The number of carbonyl (C=O) groups excluding carboxylic acids is 2. The fourth-order valence-electron chi connectivity index (χ4n) is 3.87. The van der Waals surface area contributed by atoms with Crippen LogP contribution in [-0.4, -0.2) is 50.6 Å². The predicted molar refractivity (Wildman–Crippen MR) is 114 cm³/mol. The zero-order valence-corrected chi connectivity index (χ0v) is 16.8. The topological polar surface area (TPSA) is 104 Å². The summed E-state index contributed by atoms with van der Waals surface area (Å²) in [5.41, 5.74) is 2.81. The van der Waals surface area contributed by atoms with Gasteiger partial charge in [0.2, 0.25) is 5.91 Å². The van der Waals surface area contributed by atoms with Crippen molar-refractivity contribution in [3.05, 3.63) is 35.7 Å². The van der Waals surface area contributed by atoms with Crippen molar-refractivity contribution in [3.8, 4) is 0 Å². The van der Waals surface area contributed by atoms with Gasteiger partial charge in [-0.25, -0.2) is 9.78 Å². The first-order valence-electron chi connectivity index (χ1n) is 10.5. The van der Waals surface area contributed by atoms with Crippen LogP contribution >= 0.6 is 0 Å². The second-order valence-electron chi connectivity index (χ2n) is 8.13. The van der Waals surface area contributed by atoms with Gasteiger partial charge in [0.1, 0.15) is 11.6 Å². The number of likely N-dealkylation sites (tertiary alicyclic amines) is 1. The summed E-state index contributed by atoms with van der Waals surface area (Å²) in [6, 6.07) is 2.13. The van der Waals surface area contributed by atoms with Gasteiger partial charge in [-0.2, -0.15) is 9.61 Å². The third kappa shape index (κ3) is 3.74. The SMILES string of the molecule is C=C1NC(=O)C/C1=C\c1cnn2c(NC3CC3)cc(NC(=O)N3CCCCC3)nc12. The highest BCUT2D eigenvalue weighted by molar-refractivity contribution is 5.91. The highest BCUT2D eigenvalue weighted by atomic mass is 16.2. The minimum absolute atomic E-state index is 0.0683. The minimum Gasteiger partial charge on any atom is -0.367 e. The molecule has 3 fully saturated rings. The molecule has 9 heteroatoms. The quantitative estimate of drug-likeness (QED) is 0.723. The van der Waals surface area contributed by atoms with E-state index in [1.165, 1.54) is 6.42 Å². The molecular formula is C21H25N7O2. The van der Waals surface area contributed by atoms with Crippen LogP contribution in [0.3, 0.4) is 0 Å². The molecule has 3 aliphatic rings. The van der Waals surface area contributed by atoms with E-state index in [2.05, 4.69) is 32.6 Å². The maximum atomic E-state index is 12.7. The number of fused-ring (bicyclic) bond motifs is 1. The molecule has 0 atom stereocenters. The van der Waals surface area contributed by atoms with Gasteiger partial charge in [0.15, 0.2) is 5.65 Å². The number of amides is 3. The van der Waals surface area contributed by atoms with E-state index in [1.54, 1.807) is 10.7 Å². The Morgan fingerprint density at radius 1 is 1.27 bits per heavy atom. The van der Waals surface area contributed by atoms with E-state index >= 15 is 0 Å². The van der Waals surface area contributed by atoms with Crippen molar-refractivity contribution in [2.75, 3.05) is 23.7 Å². The lowest BCUT2D eigenvalue weighted by atomic mass is 10.1. The molecule has 156 valence electrons. The number of hydrogen-bond acceptors (Lipinski definition) is 5. The summed E-state index contributed by atoms with van der Waals surface area (Å²) in [7, 11) is 0. The lowest BCUT2D eigenvalue weighted by molar-refractivity contribution is -0.118. The Bertz CT molecular complexity index is 1060. The molecule has 3 N–H and O–H groups in total. The van der Waals surface area contributed by atoms with E-state index < -0.39 is 0 Å². The molecule has 2 saturated heterocycles. The normalized spacial score (nSPS) is 20.7. The first-order chi connectivity index (χ1) is 14.6. The van der Waals surface area contributed by atoms with Crippen LogP contribution in [0.25, 0.3) is 11.7 Å². The molecule has 2 aromatic heterocycles. The largest absolute Gasteiger partial charge is 0.367 e. The van der Waals surface area contributed by atoms with Crippen molar-refractivity contribution in [3.63, 3.8) is 0 Å². The maximum Gasteiger partial charge on any atom is 0.323 e. The van der Waals surface area contributed by atoms with Gasteiger partial charge in [-0.1, -0.05) is 6.58 Å². The number of nitrogens with one attached hydrogen (secondary N) is 3. The highest BCUT2D eigenvalue weighted by Gasteiger charge is 2.25. The first-order valence-corrected chi connectivity index (χ1v) is 10.5. The van der Waals surface area contributed by atoms with Crippen molar-refractivity contribution in [2.24, 2.45) is 0 Å². The summed E-state index contributed by atoms with van der Waals surface area (Å²) in [5, 5.41) is 13.6. The van der Waals surface area contributed by atoms with E-state index in [4.69, 9.17) is 0 Å². The van der Waals surface area contributed by atoms with Gasteiger partial charge >= 0.3 is 6.03 Å². The fourth-order valence-corrected chi connectivity index (χ4v) is 3.87. The van der Waals surface area contributed by atoms with Crippen molar-refractivity contribution in [1.29, 1.82) is 0 Å². The number of anilines is 2. The molecule has 0 bridgehead atoms. The van der Waals surface area contributed by atoms with Gasteiger partial charge in [0.05, 0.1) is 12.6 Å². The van der Waals surface area contributed by atoms with Gasteiger partial charge in [-0.15, -0.1) is 0 Å². The van der Waals surface area contributed by atoms with E-state index in [-0.39, 0.29) is 18.4 Å². The van der Waals surface area contributed by atoms with Crippen molar-refractivity contribution >= 4 is 35.3 Å². The maximum absolute atomic E-state index is 12.7. The molecule has 9 nitrogen and oxygen atoms in total. The molecule has 0 spiro atoms. The third-order valence-electron chi connectivity index (χ3n) is 5.67. The molecule has 1 saturated carbocycles. The van der Waals surface area contributed by atoms with Crippen LogP contribution in [-0.2, 0) is 4.79 Å². The number of rotatable bonds is 4. The summed E-state index contributed by atoms with van der Waals surface area (Å²) < 4.78 is 1.74. The molecule has 30 heavy (non-hydrogen) atoms. The lowest BCUT2D eigenvalue weighted by Crippen LogP contribution is -2.38. The summed E-state index contributed by atoms with van der Waals surface area (Å²) >= 11 is 0. The number of hydrogen-bond donors (Lipinski definition) is 3. The Labute approximate surface area is 174 Å². The molecule has 1 aliphatic carbocycles. The number of aromatic nitrogens is 3. The van der Waals surface area contributed by atoms with Crippen LogP contribution in [0.15, 0.2) is 30.1 Å². The highest BCUT2D eigenvalue weighted by Crippen LogP contribution is 2.29. The summed E-state index contributed by atoms with van der Waals surface area (Å²) in [5.74, 6) is 1.21. The molecular weight excluding hydrogens is 382 g/mol.